The van der Waals surface area contributed by atoms with E-state index in [4.69, 9.17) is 9.47 Å². The Bertz CT molecular complexity index is 935. The molecule has 7 heteroatoms. The van der Waals surface area contributed by atoms with Gasteiger partial charge in [-0.3, -0.25) is 9.59 Å². The van der Waals surface area contributed by atoms with Gasteiger partial charge in [-0.25, -0.2) is 4.39 Å². The maximum absolute atomic E-state index is 12.9. The van der Waals surface area contributed by atoms with E-state index in [0.717, 1.165) is 18.4 Å². The molecular weight excluding hydrogens is 399 g/mol. The van der Waals surface area contributed by atoms with Gasteiger partial charge in [0.05, 0.1) is 14.2 Å². The Labute approximate surface area is 181 Å². The summed E-state index contributed by atoms with van der Waals surface area (Å²) in [7, 11) is 3.10. The SMILES string of the molecule is COc1ccc(C(=O)N2CCC(CNC(=O)/C=C/c3ccc(F)cc3)CC2)cc1OC. The molecule has 31 heavy (non-hydrogen) atoms. The quantitative estimate of drug-likeness (QED) is 0.688. The van der Waals surface area contributed by atoms with Gasteiger partial charge in [-0.15, -0.1) is 0 Å². The number of benzene rings is 2. The van der Waals surface area contributed by atoms with Gasteiger partial charge in [0.25, 0.3) is 5.91 Å². The summed E-state index contributed by atoms with van der Waals surface area (Å²) in [5, 5.41) is 2.90. The zero-order chi connectivity index (χ0) is 22.2. The molecule has 0 unspecified atom stereocenters. The molecule has 1 aliphatic heterocycles. The lowest BCUT2D eigenvalue weighted by Crippen LogP contribution is -2.41. The zero-order valence-corrected chi connectivity index (χ0v) is 17.8. The van der Waals surface area contributed by atoms with Crippen molar-refractivity contribution in [3.8, 4) is 11.5 Å². The van der Waals surface area contributed by atoms with Gasteiger partial charge in [-0.05, 0) is 60.7 Å². The molecule has 1 saturated heterocycles. The van der Waals surface area contributed by atoms with Gasteiger partial charge in [0.15, 0.2) is 11.5 Å². The van der Waals surface area contributed by atoms with Crippen LogP contribution in [-0.4, -0.2) is 50.6 Å². The molecule has 0 radical (unpaired) electrons. The average Bonchev–Trinajstić information content (AvgIpc) is 2.81. The van der Waals surface area contributed by atoms with Crippen molar-refractivity contribution < 1.29 is 23.5 Å². The first-order valence-corrected chi connectivity index (χ1v) is 10.2. The fourth-order valence-corrected chi connectivity index (χ4v) is 3.54. The molecule has 2 aromatic carbocycles. The predicted molar refractivity (Wildman–Crippen MR) is 117 cm³/mol. The van der Waals surface area contributed by atoms with Gasteiger partial charge in [-0.2, -0.15) is 0 Å². The van der Waals surface area contributed by atoms with E-state index in [2.05, 4.69) is 5.32 Å². The summed E-state index contributed by atoms with van der Waals surface area (Å²) in [6.45, 7) is 1.84. The molecule has 0 bridgehead atoms. The van der Waals surface area contributed by atoms with Crippen molar-refractivity contribution >= 4 is 17.9 Å². The van der Waals surface area contributed by atoms with Crippen LogP contribution in [0.2, 0.25) is 0 Å². The fourth-order valence-electron chi connectivity index (χ4n) is 3.54. The Balaban J connectivity index is 1.45. The number of likely N-dealkylation sites (tertiary alicyclic amines) is 1. The van der Waals surface area contributed by atoms with Crippen molar-refractivity contribution in [1.82, 2.24) is 10.2 Å². The second-order valence-corrected chi connectivity index (χ2v) is 7.44. The molecule has 1 N–H and O–H groups in total. The topological polar surface area (TPSA) is 67.9 Å². The molecule has 2 amide bonds. The zero-order valence-electron chi connectivity index (χ0n) is 17.8. The van der Waals surface area contributed by atoms with Gasteiger partial charge >= 0.3 is 0 Å². The fraction of sp³-hybridized carbons (Fsp3) is 0.333. The number of nitrogens with one attached hydrogen (secondary N) is 1. The Kier molecular flexibility index (Phi) is 7.65. The van der Waals surface area contributed by atoms with Crippen molar-refractivity contribution in [3.05, 3.63) is 65.5 Å². The minimum absolute atomic E-state index is 0.0364. The number of halogens is 1. The first kappa shape index (κ1) is 22.3. The number of nitrogens with zero attached hydrogens (tertiary/aromatic N) is 1. The third-order valence-corrected chi connectivity index (χ3v) is 5.39. The molecule has 1 aliphatic rings. The number of rotatable bonds is 7. The number of amides is 2. The highest BCUT2D eigenvalue weighted by molar-refractivity contribution is 5.95. The first-order valence-electron chi connectivity index (χ1n) is 10.2. The number of ether oxygens (including phenoxy) is 2. The van der Waals surface area contributed by atoms with E-state index in [1.54, 1.807) is 50.6 Å². The summed E-state index contributed by atoms with van der Waals surface area (Å²) >= 11 is 0. The summed E-state index contributed by atoms with van der Waals surface area (Å²) in [6.07, 6.45) is 4.74. The third-order valence-electron chi connectivity index (χ3n) is 5.39. The van der Waals surface area contributed by atoms with E-state index in [-0.39, 0.29) is 17.6 Å². The average molecular weight is 426 g/mol. The van der Waals surface area contributed by atoms with Crippen molar-refractivity contribution in [2.24, 2.45) is 5.92 Å². The van der Waals surface area contributed by atoms with Crippen LogP contribution in [0.3, 0.4) is 0 Å². The second kappa shape index (κ2) is 10.6. The van der Waals surface area contributed by atoms with Gasteiger partial charge in [0.1, 0.15) is 5.82 Å². The number of piperidine rings is 1. The van der Waals surface area contributed by atoms with Gasteiger partial charge < -0.3 is 19.7 Å². The van der Waals surface area contributed by atoms with Crippen LogP contribution >= 0.6 is 0 Å². The van der Waals surface area contributed by atoms with Crippen LogP contribution in [0.5, 0.6) is 11.5 Å². The minimum atomic E-state index is -0.308. The molecule has 3 rings (SSSR count). The van der Waals surface area contributed by atoms with E-state index in [1.165, 1.54) is 18.2 Å². The van der Waals surface area contributed by atoms with Crippen LogP contribution in [-0.2, 0) is 4.79 Å². The van der Waals surface area contributed by atoms with Crippen LogP contribution in [0.4, 0.5) is 4.39 Å². The van der Waals surface area contributed by atoms with Crippen LogP contribution < -0.4 is 14.8 Å². The normalized spacial score (nSPS) is 14.5. The molecule has 6 nitrogen and oxygen atoms in total. The predicted octanol–water partition coefficient (Wildman–Crippen LogP) is 3.52. The van der Waals surface area contributed by atoms with Crippen molar-refractivity contribution in [1.29, 1.82) is 0 Å². The van der Waals surface area contributed by atoms with Crippen LogP contribution in [0.25, 0.3) is 6.08 Å². The lowest BCUT2D eigenvalue weighted by atomic mass is 9.96. The second-order valence-electron chi connectivity index (χ2n) is 7.44. The number of hydrogen-bond acceptors (Lipinski definition) is 4. The van der Waals surface area contributed by atoms with E-state index >= 15 is 0 Å². The Morgan fingerprint density at radius 3 is 2.39 bits per heavy atom. The Morgan fingerprint density at radius 1 is 1.06 bits per heavy atom. The highest BCUT2D eigenvalue weighted by Gasteiger charge is 2.24. The molecule has 1 heterocycles. The van der Waals surface area contributed by atoms with E-state index < -0.39 is 0 Å². The number of hydrogen-bond donors (Lipinski definition) is 1. The maximum atomic E-state index is 12.9. The maximum Gasteiger partial charge on any atom is 0.253 e. The molecule has 0 spiro atoms. The highest BCUT2D eigenvalue weighted by atomic mass is 19.1. The smallest absolute Gasteiger partial charge is 0.253 e. The van der Waals surface area contributed by atoms with Crippen molar-refractivity contribution in [3.63, 3.8) is 0 Å². The van der Waals surface area contributed by atoms with E-state index in [0.29, 0.717) is 42.6 Å². The lowest BCUT2D eigenvalue weighted by Gasteiger charge is -2.32. The monoisotopic (exact) mass is 426 g/mol. The summed E-state index contributed by atoms with van der Waals surface area (Å²) in [6, 6.07) is 11.1. The number of carbonyl (C=O) groups is 2. The lowest BCUT2D eigenvalue weighted by molar-refractivity contribution is -0.116. The van der Waals surface area contributed by atoms with E-state index in [9.17, 15) is 14.0 Å². The number of carbonyl (C=O) groups excluding carboxylic acids is 2. The van der Waals surface area contributed by atoms with Crippen molar-refractivity contribution in [2.75, 3.05) is 33.9 Å². The Hall–Kier alpha value is -3.35. The molecule has 164 valence electrons. The minimum Gasteiger partial charge on any atom is -0.493 e. The van der Waals surface area contributed by atoms with Crippen LogP contribution in [0.15, 0.2) is 48.5 Å². The van der Waals surface area contributed by atoms with Crippen molar-refractivity contribution in [2.45, 2.75) is 12.8 Å². The summed E-state index contributed by atoms with van der Waals surface area (Å²) in [4.78, 5) is 26.7. The molecule has 0 aliphatic carbocycles. The van der Waals surface area contributed by atoms with Gasteiger partial charge in [0, 0.05) is 31.3 Å². The molecule has 1 fully saturated rings. The summed E-state index contributed by atoms with van der Waals surface area (Å²) in [5.41, 5.74) is 1.33. The van der Waals surface area contributed by atoms with Gasteiger partial charge in [-0.1, -0.05) is 12.1 Å². The Morgan fingerprint density at radius 2 is 1.74 bits per heavy atom. The summed E-state index contributed by atoms with van der Waals surface area (Å²) < 4.78 is 23.4. The molecule has 0 atom stereocenters. The van der Waals surface area contributed by atoms with Crippen LogP contribution in [0, 0.1) is 11.7 Å². The first-order chi connectivity index (χ1) is 15.0. The van der Waals surface area contributed by atoms with Crippen LogP contribution in [0.1, 0.15) is 28.8 Å². The summed E-state index contributed by atoms with van der Waals surface area (Å²) in [5.74, 6) is 0.899. The van der Waals surface area contributed by atoms with Gasteiger partial charge in [0.2, 0.25) is 5.91 Å². The molecule has 0 saturated carbocycles. The third kappa shape index (κ3) is 6.07. The molecular formula is C24H27FN2O4. The standard InChI is InChI=1S/C24H27FN2O4/c1-30-21-9-6-19(15-22(21)31-2)24(29)27-13-11-18(12-14-27)16-26-23(28)10-5-17-3-7-20(25)8-4-17/h3-10,15,18H,11-14,16H2,1-2H3,(H,26,28)/b10-5+. The largest absolute Gasteiger partial charge is 0.493 e. The molecule has 0 aromatic heterocycles. The number of methoxy groups -OCH3 is 2. The highest BCUT2D eigenvalue weighted by Crippen LogP contribution is 2.28. The molecule has 2 aromatic rings. The van der Waals surface area contributed by atoms with E-state index in [1.807, 2.05) is 4.90 Å².